The average Bonchev–Trinajstić information content (AvgIpc) is 3.19. The number of aromatic amines is 1. The molecule has 0 spiro atoms. The highest BCUT2D eigenvalue weighted by molar-refractivity contribution is 5.79. The summed E-state index contributed by atoms with van der Waals surface area (Å²) in [6.45, 7) is 4.78. The van der Waals surface area contributed by atoms with Crippen LogP contribution in [0.1, 0.15) is 32.0 Å². The summed E-state index contributed by atoms with van der Waals surface area (Å²) in [5.41, 5.74) is 4.36. The molecule has 0 aromatic carbocycles. The number of H-pyrrole nitrogens is 1. The van der Waals surface area contributed by atoms with Gasteiger partial charge in [0.05, 0.1) is 30.0 Å². The van der Waals surface area contributed by atoms with Crippen LogP contribution in [0.5, 0.6) is 0 Å². The van der Waals surface area contributed by atoms with Crippen molar-refractivity contribution in [2.75, 3.05) is 6.54 Å². The Morgan fingerprint density at radius 2 is 2.38 bits per heavy atom. The number of nitrogens with zero attached hydrogens (tertiary/aromatic N) is 4. The zero-order chi connectivity index (χ0) is 17.1. The zero-order valence-electron chi connectivity index (χ0n) is 13.6. The fourth-order valence-corrected chi connectivity index (χ4v) is 2.88. The van der Waals surface area contributed by atoms with Gasteiger partial charge in [0.25, 0.3) is 0 Å². The highest BCUT2D eigenvalue weighted by atomic mass is 16.5. The fourth-order valence-electron chi connectivity index (χ4n) is 2.88. The molecule has 24 heavy (non-hydrogen) atoms. The van der Waals surface area contributed by atoms with Crippen molar-refractivity contribution in [2.45, 2.75) is 26.3 Å². The highest BCUT2D eigenvalue weighted by Crippen LogP contribution is 2.33. The maximum atomic E-state index is 11.1. The van der Waals surface area contributed by atoms with Gasteiger partial charge in [0.15, 0.2) is 0 Å². The number of rotatable bonds is 5. The third-order valence-electron chi connectivity index (χ3n) is 3.98. The molecule has 1 aliphatic rings. The number of carbonyl (C=O) groups excluding carboxylic acids is 1. The lowest BCUT2D eigenvalue weighted by Gasteiger charge is -2.27. The quantitative estimate of drug-likeness (QED) is 0.579. The van der Waals surface area contributed by atoms with Crippen molar-refractivity contribution in [3.63, 3.8) is 0 Å². The number of fused-ring (bicyclic) bond motifs is 1. The summed E-state index contributed by atoms with van der Waals surface area (Å²) >= 11 is 0. The number of hydrogen-bond donors (Lipinski definition) is 3. The Morgan fingerprint density at radius 3 is 3.08 bits per heavy atom. The maximum absolute atomic E-state index is 11.1. The third kappa shape index (κ3) is 3.28. The Morgan fingerprint density at radius 1 is 1.54 bits per heavy atom. The molecule has 8 nitrogen and oxygen atoms in total. The minimum absolute atomic E-state index is 0.0405. The van der Waals surface area contributed by atoms with Crippen LogP contribution in [0.25, 0.3) is 10.9 Å². The monoisotopic (exact) mass is 328 g/mol. The van der Waals surface area contributed by atoms with E-state index in [1.54, 1.807) is 23.9 Å². The molecule has 126 valence electrons. The molecule has 0 radical (unpaired) electrons. The third-order valence-corrected chi connectivity index (χ3v) is 3.98. The van der Waals surface area contributed by atoms with Crippen molar-refractivity contribution >= 4 is 16.8 Å². The van der Waals surface area contributed by atoms with E-state index in [0.29, 0.717) is 18.2 Å². The van der Waals surface area contributed by atoms with Crippen molar-refractivity contribution < 1.29 is 10.0 Å². The minimum atomic E-state index is -0.473. The Kier molecular flexibility index (Phi) is 4.57. The molecule has 3 heterocycles. The number of hydrogen-bond acceptors (Lipinski definition) is 6. The van der Waals surface area contributed by atoms with Crippen molar-refractivity contribution in [1.29, 1.82) is 0 Å². The second kappa shape index (κ2) is 6.79. The van der Waals surface area contributed by atoms with Crippen molar-refractivity contribution in [3.05, 3.63) is 42.0 Å². The van der Waals surface area contributed by atoms with Gasteiger partial charge in [0.2, 0.25) is 5.91 Å². The van der Waals surface area contributed by atoms with E-state index in [9.17, 15) is 4.79 Å². The van der Waals surface area contributed by atoms with Crippen LogP contribution in [0.4, 0.5) is 0 Å². The Balaban J connectivity index is 1.80. The smallest absolute Gasteiger partial charge is 0.247 e. The summed E-state index contributed by atoms with van der Waals surface area (Å²) in [5, 5.41) is 19.9. The molecule has 3 N–H and O–H groups in total. The number of aromatic nitrogens is 2. The molecule has 8 heteroatoms. The fraction of sp³-hybridized carbons (Fsp3) is 0.375. The zero-order valence-corrected chi connectivity index (χ0v) is 13.6. The van der Waals surface area contributed by atoms with Gasteiger partial charge in [-0.3, -0.25) is 20.0 Å². The van der Waals surface area contributed by atoms with E-state index < -0.39 is 5.91 Å². The highest BCUT2D eigenvalue weighted by Gasteiger charge is 2.28. The molecule has 0 bridgehead atoms. The molecule has 2 aromatic rings. The Hall–Kier alpha value is -2.74. The number of pyridine rings is 1. The van der Waals surface area contributed by atoms with Gasteiger partial charge < -0.3 is 4.98 Å². The van der Waals surface area contributed by atoms with E-state index in [1.807, 2.05) is 11.1 Å². The van der Waals surface area contributed by atoms with Gasteiger partial charge >= 0.3 is 0 Å². The van der Waals surface area contributed by atoms with Gasteiger partial charge in [-0.2, -0.15) is 0 Å². The van der Waals surface area contributed by atoms with Crippen LogP contribution in [0, 0.1) is 5.92 Å². The SMILES string of the molecule is CC(C)C(c1cc2ccncc2[nH]1)N1C/C(=C/CC(=O)NO)N=N1. The van der Waals surface area contributed by atoms with Crippen molar-refractivity contribution in [3.8, 4) is 0 Å². The molecule has 0 fully saturated rings. The summed E-state index contributed by atoms with van der Waals surface area (Å²) in [5.74, 6) is -0.162. The van der Waals surface area contributed by atoms with Crippen molar-refractivity contribution in [1.82, 2.24) is 20.5 Å². The first kappa shape index (κ1) is 16.1. The maximum Gasteiger partial charge on any atom is 0.247 e. The van der Waals surface area contributed by atoms with Crippen LogP contribution in [-0.2, 0) is 4.79 Å². The van der Waals surface area contributed by atoms with E-state index in [2.05, 4.69) is 40.2 Å². The predicted molar refractivity (Wildman–Crippen MR) is 87.9 cm³/mol. The van der Waals surface area contributed by atoms with Crippen LogP contribution in [-0.4, -0.2) is 32.6 Å². The second-order valence-corrected chi connectivity index (χ2v) is 6.10. The molecular weight excluding hydrogens is 308 g/mol. The first-order chi connectivity index (χ1) is 11.6. The molecule has 1 unspecified atom stereocenters. The molecule has 0 saturated carbocycles. The van der Waals surface area contributed by atoms with Gasteiger partial charge in [-0.1, -0.05) is 19.1 Å². The minimum Gasteiger partial charge on any atom is -0.355 e. The van der Waals surface area contributed by atoms with E-state index in [-0.39, 0.29) is 12.5 Å². The van der Waals surface area contributed by atoms with Crippen LogP contribution in [0.2, 0.25) is 0 Å². The Bertz CT molecular complexity index is 762. The molecular formula is C16H20N6O2. The van der Waals surface area contributed by atoms with Gasteiger partial charge in [-0.05, 0) is 24.1 Å². The average molecular weight is 328 g/mol. The van der Waals surface area contributed by atoms with Gasteiger partial charge in [-0.25, -0.2) is 5.48 Å². The number of hydroxylamine groups is 1. The van der Waals surface area contributed by atoms with Gasteiger partial charge in [-0.15, -0.1) is 5.11 Å². The molecule has 0 aliphatic carbocycles. The Labute approximate surface area is 139 Å². The number of amides is 1. The van der Waals surface area contributed by atoms with Crippen LogP contribution >= 0.6 is 0 Å². The summed E-state index contributed by atoms with van der Waals surface area (Å²) in [6.07, 6.45) is 5.32. The van der Waals surface area contributed by atoms with Crippen LogP contribution in [0.3, 0.4) is 0 Å². The molecule has 3 rings (SSSR count). The van der Waals surface area contributed by atoms with Crippen LogP contribution in [0.15, 0.2) is 46.6 Å². The van der Waals surface area contributed by atoms with Crippen LogP contribution < -0.4 is 5.48 Å². The number of carbonyl (C=O) groups is 1. The first-order valence-corrected chi connectivity index (χ1v) is 7.81. The molecule has 2 aromatic heterocycles. The lowest BCUT2D eigenvalue weighted by molar-refractivity contribution is -0.128. The summed E-state index contributed by atoms with van der Waals surface area (Å²) in [7, 11) is 0. The summed E-state index contributed by atoms with van der Waals surface area (Å²) < 4.78 is 0. The van der Waals surface area contributed by atoms with Gasteiger partial charge in [0, 0.05) is 23.7 Å². The van der Waals surface area contributed by atoms with E-state index >= 15 is 0 Å². The summed E-state index contributed by atoms with van der Waals surface area (Å²) in [4.78, 5) is 18.7. The van der Waals surface area contributed by atoms with Crippen molar-refractivity contribution in [2.24, 2.45) is 16.3 Å². The second-order valence-electron chi connectivity index (χ2n) is 6.10. The van der Waals surface area contributed by atoms with Gasteiger partial charge in [0.1, 0.15) is 0 Å². The number of nitrogens with one attached hydrogen (secondary N) is 2. The topological polar surface area (TPSA) is 106 Å². The molecule has 0 saturated heterocycles. The molecule has 1 aliphatic heterocycles. The largest absolute Gasteiger partial charge is 0.355 e. The first-order valence-electron chi connectivity index (χ1n) is 7.81. The van der Waals surface area contributed by atoms with E-state index in [0.717, 1.165) is 16.6 Å². The molecule has 1 amide bonds. The lowest BCUT2D eigenvalue weighted by atomic mass is 10.00. The predicted octanol–water partition coefficient (Wildman–Crippen LogP) is 2.72. The van der Waals surface area contributed by atoms with E-state index in [4.69, 9.17) is 5.21 Å². The normalized spacial score (nSPS) is 17.2. The lowest BCUT2D eigenvalue weighted by Crippen LogP contribution is -2.26. The van der Waals surface area contributed by atoms with E-state index in [1.165, 1.54) is 0 Å². The standard InChI is InChI=1S/C16H20N6O2/c1-10(2)16(13-7-11-5-6-17-8-14(11)18-13)22-9-12(19-21-22)3-4-15(23)20-24/h3,5-8,10,16,18,24H,4,9H2,1-2H3,(H,20,23)/b12-3-. The summed E-state index contributed by atoms with van der Waals surface area (Å²) in [6, 6.07) is 4.12. The molecule has 1 atom stereocenters.